The summed E-state index contributed by atoms with van der Waals surface area (Å²) in [5.74, 6) is -2.43. The van der Waals surface area contributed by atoms with Gasteiger partial charge in [0.1, 0.15) is 5.82 Å². The van der Waals surface area contributed by atoms with E-state index >= 15 is 0 Å². The van der Waals surface area contributed by atoms with E-state index in [9.17, 15) is 22.4 Å². The first-order valence-electron chi connectivity index (χ1n) is 6.64. The molecule has 2 aromatic carbocycles. The SMILES string of the molecule is CS(=O)(=O)c1ccc(Cl)c(C(=O)OCC(=O)c2ccccc2F)c1. The van der Waals surface area contributed by atoms with Crippen LogP contribution < -0.4 is 0 Å². The number of halogens is 2. The fraction of sp³-hybridized carbons (Fsp3) is 0.125. The van der Waals surface area contributed by atoms with E-state index in [1.807, 2.05) is 0 Å². The molecule has 0 bridgehead atoms. The second-order valence-electron chi connectivity index (χ2n) is 4.89. The number of rotatable bonds is 5. The lowest BCUT2D eigenvalue weighted by molar-refractivity contribution is 0.0473. The van der Waals surface area contributed by atoms with Crippen molar-refractivity contribution in [1.82, 2.24) is 0 Å². The molecule has 0 amide bonds. The molecule has 0 aliphatic carbocycles. The number of hydrogen-bond acceptors (Lipinski definition) is 5. The Morgan fingerprint density at radius 1 is 1.12 bits per heavy atom. The van der Waals surface area contributed by atoms with Crippen LogP contribution in [0.3, 0.4) is 0 Å². The van der Waals surface area contributed by atoms with Crippen molar-refractivity contribution < 1.29 is 27.1 Å². The van der Waals surface area contributed by atoms with Gasteiger partial charge in [-0.05, 0) is 30.3 Å². The van der Waals surface area contributed by atoms with Crippen LogP contribution in [-0.2, 0) is 14.6 Å². The number of benzene rings is 2. The number of hydrogen-bond donors (Lipinski definition) is 0. The third-order valence-electron chi connectivity index (χ3n) is 3.09. The normalized spacial score (nSPS) is 11.1. The summed E-state index contributed by atoms with van der Waals surface area (Å²) in [4.78, 5) is 23.8. The minimum Gasteiger partial charge on any atom is -0.454 e. The Kier molecular flexibility index (Phi) is 5.36. The molecule has 0 saturated heterocycles. The maximum Gasteiger partial charge on any atom is 0.340 e. The highest BCUT2D eigenvalue weighted by atomic mass is 35.5. The predicted octanol–water partition coefficient (Wildman–Crippen LogP) is 2.92. The van der Waals surface area contributed by atoms with E-state index < -0.39 is 34.0 Å². The summed E-state index contributed by atoms with van der Waals surface area (Å²) in [6.45, 7) is -0.695. The van der Waals surface area contributed by atoms with Crippen molar-refractivity contribution in [3.8, 4) is 0 Å². The summed E-state index contributed by atoms with van der Waals surface area (Å²) in [6.07, 6.45) is 0.979. The van der Waals surface area contributed by atoms with E-state index in [2.05, 4.69) is 0 Å². The molecule has 0 radical (unpaired) electrons. The first-order chi connectivity index (χ1) is 11.2. The lowest BCUT2D eigenvalue weighted by Crippen LogP contribution is -2.16. The van der Waals surface area contributed by atoms with E-state index in [0.717, 1.165) is 18.4 Å². The van der Waals surface area contributed by atoms with E-state index in [-0.39, 0.29) is 21.0 Å². The maximum atomic E-state index is 13.5. The molecular formula is C16H12ClFO5S. The Bertz CT molecular complexity index is 908. The Hall–Kier alpha value is -2.25. The molecule has 0 fully saturated rings. The van der Waals surface area contributed by atoms with Gasteiger partial charge in [0.25, 0.3) is 0 Å². The third kappa shape index (κ3) is 4.18. The van der Waals surface area contributed by atoms with Gasteiger partial charge in [0.15, 0.2) is 16.4 Å². The van der Waals surface area contributed by atoms with E-state index in [1.165, 1.54) is 30.3 Å². The molecule has 0 unspecified atom stereocenters. The second kappa shape index (κ2) is 7.11. The molecule has 0 spiro atoms. The quantitative estimate of drug-likeness (QED) is 0.597. The van der Waals surface area contributed by atoms with Crippen molar-refractivity contribution in [2.75, 3.05) is 12.9 Å². The molecule has 0 aliphatic heterocycles. The van der Waals surface area contributed by atoms with Crippen LogP contribution in [0.1, 0.15) is 20.7 Å². The molecule has 0 N–H and O–H groups in total. The lowest BCUT2D eigenvalue weighted by Gasteiger charge is -2.08. The molecule has 0 aromatic heterocycles. The van der Waals surface area contributed by atoms with Crippen LogP contribution in [0, 0.1) is 5.82 Å². The summed E-state index contributed by atoms with van der Waals surface area (Å²) >= 11 is 5.86. The van der Waals surface area contributed by atoms with Crippen molar-refractivity contribution in [3.63, 3.8) is 0 Å². The van der Waals surface area contributed by atoms with Crippen LogP contribution in [0.4, 0.5) is 4.39 Å². The monoisotopic (exact) mass is 370 g/mol. The van der Waals surface area contributed by atoms with Gasteiger partial charge in [-0.15, -0.1) is 0 Å². The number of ether oxygens (including phenoxy) is 1. The topological polar surface area (TPSA) is 77.5 Å². The first kappa shape index (κ1) is 18.1. The molecule has 2 rings (SSSR count). The minimum atomic E-state index is -3.54. The van der Waals surface area contributed by atoms with Crippen molar-refractivity contribution in [2.24, 2.45) is 0 Å². The van der Waals surface area contributed by atoms with Crippen LogP contribution >= 0.6 is 11.6 Å². The molecule has 126 valence electrons. The van der Waals surface area contributed by atoms with Gasteiger partial charge in [-0.2, -0.15) is 0 Å². The summed E-state index contributed by atoms with van der Waals surface area (Å²) in [5, 5.41) is -0.0225. The average molecular weight is 371 g/mol. The molecular weight excluding hydrogens is 359 g/mol. The largest absolute Gasteiger partial charge is 0.454 e. The maximum absolute atomic E-state index is 13.5. The summed E-state index contributed by atoms with van der Waals surface area (Å²) in [5.41, 5.74) is -0.401. The van der Waals surface area contributed by atoms with Crippen LogP contribution in [0.2, 0.25) is 5.02 Å². The van der Waals surface area contributed by atoms with Crippen molar-refractivity contribution in [3.05, 3.63) is 64.4 Å². The number of esters is 1. The standard InChI is InChI=1S/C16H12ClFO5S/c1-24(21,22)10-6-7-13(17)12(8-10)16(20)23-9-15(19)11-4-2-3-5-14(11)18/h2-8H,9H2,1H3. The summed E-state index contributed by atoms with van der Waals surface area (Å²) < 4.78 is 41.3. The number of carbonyl (C=O) groups is 2. The van der Waals surface area contributed by atoms with Gasteiger partial charge < -0.3 is 4.74 Å². The predicted molar refractivity (Wildman–Crippen MR) is 85.6 cm³/mol. The highest BCUT2D eigenvalue weighted by molar-refractivity contribution is 7.90. The fourth-order valence-electron chi connectivity index (χ4n) is 1.87. The zero-order chi connectivity index (χ0) is 17.9. The van der Waals surface area contributed by atoms with Crippen molar-refractivity contribution >= 4 is 33.2 Å². The van der Waals surface area contributed by atoms with Gasteiger partial charge in [-0.25, -0.2) is 17.6 Å². The van der Waals surface area contributed by atoms with Crippen LogP contribution in [-0.4, -0.2) is 33.0 Å². The molecule has 5 nitrogen and oxygen atoms in total. The molecule has 0 atom stereocenters. The Balaban J connectivity index is 2.16. The van der Waals surface area contributed by atoms with Crippen LogP contribution in [0.5, 0.6) is 0 Å². The van der Waals surface area contributed by atoms with Gasteiger partial charge in [-0.3, -0.25) is 4.79 Å². The van der Waals surface area contributed by atoms with E-state index in [4.69, 9.17) is 16.3 Å². The molecule has 0 saturated carbocycles. The van der Waals surface area contributed by atoms with Gasteiger partial charge >= 0.3 is 5.97 Å². The summed E-state index contributed by atoms with van der Waals surface area (Å²) in [7, 11) is -3.54. The molecule has 0 heterocycles. The zero-order valence-electron chi connectivity index (χ0n) is 12.5. The average Bonchev–Trinajstić information content (AvgIpc) is 2.52. The Morgan fingerprint density at radius 2 is 1.79 bits per heavy atom. The van der Waals surface area contributed by atoms with Gasteiger partial charge in [-0.1, -0.05) is 23.7 Å². The molecule has 2 aromatic rings. The Morgan fingerprint density at radius 3 is 2.42 bits per heavy atom. The number of ketones is 1. The zero-order valence-corrected chi connectivity index (χ0v) is 14.0. The number of Topliss-reactive ketones (excluding diaryl/α,β-unsaturated/α-hetero) is 1. The highest BCUT2D eigenvalue weighted by Gasteiger charge is 2.19. The molecule has 8 heteroatoms. The minimum absolute atomic E-state index is 0.0225. The van der Waals surface area contributed by atoms with Crippen LogP contribution in [0.25, 0.3) is 0 Å². The van der Waals surface area contributed by atoms with Gasteiger partial charge in [0.05, 0.1) is 21.0 Å². The van der Waals surface area contributed by atoms with Gasteiger partial charge in [0, 0.05) is 6.26 Å². The van der Waals surface area contributed by atoms with Gasteiger partial charge in [0.2, 0.25) is 5.78 Å². The molecule has 24 heavy (non-hydrogen) atoms. The smallest absolute Gasteiger partial charge is 0.340 e. The Labute approximate surface area is 142 Å². The first-order valence-corrected chi connectivity index (χ1v) is 8.91. The van der Waals surface area contributed by atoms with E-state index in [1.54, 1.807) is 0 Å². The lowest BCUT2D eigenvalue weighted by atomic mass is 10.1. The van der Waals surface area contributed by atoms with E-state index in [0.29, 0.717) is 0 Å². The third-order valence-corrected chi connectivity index (χ3v) is 4.53. The van der Waals surface area contributed by atoms with Crippen molar-refractivity contribution in [2.45, 2.75) is 4.90 Å². The summed E-state index contributed by atoms with van der Waals surface area (Å²) in [6, 6.07) is 8.84. The molecule has 0 aliphatic rings. The second-order valence-corrected chi connectivity index (χ2v) is 7.32. The highest BCUT2D eigenvalue weighted by Crippen LogP contribution is 2.21. The number of sulfone groups is 1. The van der Waals surface area contributed by atoms with Crippen LogP contribution in [0.15, 0.2) is 47.4 Å². The number of carbonyl (C=O) groups excluding carboxylic acids is 2. The fourth-order valence-corrected chi connectivity index (χ4v) is 2.71. The van der Waals surface area contributed by atoms with Crippen molar-refractivity contribution in [1.29, 1.82) is 0 Å².